The Hall–Kier alpha value is -0.280. The molecular weight excluding hydrogens is 184 g/mol. The number of hydrogen-bond acceptors (Lipinski definition) is 0. The topological polar surface area (TPSA) is 0 Å². The van der Waals surface area contributed by atoms with Crippen LogP contribution in [0.15, 0.2) is 0 Å². The molecule has 80 valence electrons. The van der Waals surface area contributed by atoms with Gasteiger partial charge in [0.1, 0.15) is 0 Å². The summed E-state index contributed by atoms with van der Waals surface area (Å²) in [5.74, 6) is -7.67. The molecule has 0 N–H and O–H groups in total. The molecule has 0 heterocycles. The minimum Gasteiger partial charge on any atom is -0.200 e. The molecule has 0 aromatic heterocycles. The van der Waals surface area contributed by atoms with Gasteiger partial charge < -0.3 is 0 Å². The maximum Gasteiger partial charge on any atom is 0.310 e. The van der Waals surface area contributed by atoms with Crippen molar-refractivity contribution in [1.29, 1.82) is 0 Å². The van der Waals surface area contributed by atoms with Crippen molar-refractivity contribution in [3.05, 3.63) is 0 Å². The number of halogens is 4. The molecule has 0 aliphatic rings. The van der Waals surface area contributed by atoms with Gasteiger partial charge in [0.25, 0.3) is 0 Å². The molecule has 0 atom stereocenters. The molecule has 0 nitrogen and oxygen atoms in total. The fourth-order valence-electron chi connectivity index (χ4n) is 1.08. The Morgan fingerprint density at radius 3 is 1.62 bits per heavy atom. The Morgan fingerprint density at radius 1 is 0.769 bits per heavy atom. The van der Waals surface area contributed by atoms with E-state index in [2.05, 4.69) is 0 Å². The second kappa shape index (κ2) is 4.82. The van der Waals surface area contributed by atoms with Gasteiger partial charge >= 0.3 is 11.8 Å². The molecule has 0 bridgehead atoms. The van der Waals surface area contributed by atoms with Crippen LogP contribution in [0.25, 0.3) is 0 Å². The molecule has 0 rings (SSSR count). The first-order valence-corrected chi connectivity index (χ1v) is 4.63. The van der Waals surface area contributed by atoms with Gasteiger partial charge in [-0.2, -0.15) is 17.6 Å². The minimum atomic E-state index is -3.84. The van der Waals surface area contributed by atoms with E-state index in [4.69, 9.17) is 0 Å². The lowest BCUT2D eigenvalue weighted by Crippen LogP contribution is -2.40. The van der Waals surface area contributed by atoms with Crippen LogP contribution in [-0.2, 0) is 0 Å². The van der Waals surface area contributed by atoms with Crippen LogP contribution in [0, 0.1) is 0 Å². The predicted octanol–water partition coefficient (Wildman–Crippen LogP) is 4.25. The smallest absolute Gasteiger partial charge is 0.200 e. The van der Waals surface area contributed by atoms with Crippen LogP contribution in [-0.4, -0.2) is 11.8 Å². The monoisotopic (exact) mass is 200 g/mol. The summed E-state index contributed by atoms with van der Waals surface area (Å²) in [6, 6.07) is 0. The standard InChI is InChI=1S/C9H16F4/c1-3-5-7-9(12,13)8(10,11)6-4-2/h3-7H2,1-2H3. The van der Waals surface area contributed by atoms with Crippen molar-refractivity contribution >= 4 is 0 Å². The fraction of sp³-hybridized carbons (Fsp3) is 1.00. The molecule has 0 saturated carbocycles. The molecule has 13 heavy (non-hydrogen) atoms. The number of alkyl halides is 4. The van der Waals surface area contributed by atoms with E-state index in [0.717, 1.165) is 0 Å². The molecule has 0 spiro atoms. The van der Waals surface area contributed by atoms with E-state index >= 15 is 0 Å². The van der Waals surface area contributed by atoms with Gasteiger partial charge in [0, 0.05) is 12.8 Å². The summed E-state index contributed by atoms with van der Waals surface area (Å²) in [5, 5.41) is 0. The van der Waals surface area contributed by atoms with Gasteiger partial charge in [0.05, 0.1) is 0 Å². The van der Waals surface area contributed by atoms with Crippen LogP contribution in [0.5, 0.6) is 0 Å². The molecule has 0 aromatic carbocycles. The van der Waals surface area contributed by atoms with E-state index in [1.54, 1.807) is 6.92 Å². The van der Waals surface area contributed by atoms with Crippen molar-refractivity contribution in [1.82, 2.24) is 0 Å². The number of unbranched alkanes of at least 4 members (excludes halogenated alkanes) is 1. The van der Waals surface area contributed by atoms with Crippen molar-refractivity contribution in [2.45, 2.75) is 57.8 Å². The Bertz CT molecular complexity index is 143. The minimum absolute atomic E-state index is 0.0781. The second-order valence-electron chi connectivity index (χ2n) is 3.26. The molecule has 0 amide bonds. The van der Waals surface area contributed by atoms with Gasteiger partial charge in [-0.05, 0) is 6.42 Å². The lowest BCUT2D eigenvalue weighted by molar-refractivity contribution is -0.215. The van der Waals surface area contributed by atoms with Crippen LogP contribution in [0.2, 0.25) is 0 Å². The van der Waals surface area contributed by atoms with E-state index in [1.807, 2.05) is 0 Å². The second-order valence-corrected chi connectivity index (χ2v) is 3.26. The number of rotatable bonds is 6. The molecule has 0 aliphatic carbocycles. The lowest BCUT2D eigenvalue weighted by Gasteiger charge is -2.26. The van der Waals surface area contributed by atoms with Crippen molar-refractivity contribution < 1.29 is 17.6 Å². The Morgan fingerprint density at radius 2 is 1.23 bits per heavy atom. The van der Waals surface area contributed by atoms with Crippen molar-refractivity contribution in [2.24, 2.45) is 0 Å². The first-order valence-electron chi connectivity index (χ1n) is 4.63. The summed E-state index contributed by atoms with van der Waals surface area (Å²) in [6.07, 6.45) is -0.709. The highest BCUT2D eigenvalue weighted by atomic mass is 19.3. The van der Waals surface area contributed by atoms with Crippen molar-refractivity contribution in [2.75, 3.05) is 0 Å². The molecule has 0 unspecified atom stereocenters. The maximum atomic E-state index is 12.8. The highest BCUT2D eigenvalue weighted by Gasteiger charge is 2.54. The summed E-state index contributed by atoms with van der Waals surface area (Å²) in [7, 11) is 0. The van der Waals surface area contributed by atoms with E-state index in [0.29, 0.717) is 6.42 Å². The third-order valence-corrected chi connectivity index (χ3v) is 1.94. The van der Waals surface area contributed by atoms with Crippen LogP contribution >= 0.6 is 0 Å². The third kappa shape index (κ3) is 3.53. The summed E-state index contributed by atoms with van der Waals surface area (Å²) in [6.45, 7) is 3.18. The number of hydrogen-bond donors (Lipinski definition) is 0. The summed E-state index contributed by atoms with van der Waals surface area (Å²) < 4.78 is 51.2. The van der Waals surface area contributed by atoms with Crippen LogP contribution in [0.3, 0.4) is 0 Å². The van der Waals surface area contributed by atoms with Gasteiger partial charge in [0.15, 0.2) is 0 Å². The third-order valence-electron chi connectivity index (χ3n) is 1.94. The van der Waals surface area contributed by atoms with E-state index in [1.165, 1.54) is 6.92 Å². The van der Waals surface area contributed by atoms with Crippen LogP contribution < -0.4 is 0 Å². The molecule has 0 aromatic rings. The fourth-order valence-corrected chi connectivity index (χ4v) is 1.08. The highest BCUT2D eigenvalue weighted by molar-refractivity contribution is 4.83. The predicted molar refractivity (Wildman–Crippen MR) is 44.3 cm³/mol. The van der Waals surface area contributed by atoms with Gasteiger partial charge in [0.2, 0.25) is 0 Å². The van der Waals surface area contributed by atoms with E-state index in [9.17, 15) is 17.6 Å². The Kier molecular flexibility index (Phi) is 4.71. The van der Waals surface area contributed by atoms with Crippen molar-refractivity contribution in [3.8, 4) is 0 Å². The largest absolute Gasteiger partial charge is 0.310 e. The molecule has 0 saturated heterocycles. The molecule has 0 radical (unpaired) electrons. The molecule has 0 aliphatic heterocycles. The Balaban J connectivity index is 4.22. The molecule has 4 heteroatoms. The SMILES string of the molecule is CCCCC(F)(F)C(F)(F)CCC. The zero-order valence-corrected chi connectivity index (χ0v) is 8.05. The summed E-state index contributed by atoms with van der Waals surface area (Å²) >= 11 is 0. The quantitative estimate of drug-likeness (QED) is 0.562. The van der Waals surface area contributed by atoms with E-state index < -0.39 is 24.7 Å². The molecule has 0 fully saturated rings. The van der Waals surface area contributed by atoms with Crippen molar-refractivity contribution in [3.63, 3.8) is 0 Å². The molecular formula is C9H16F4. The van der Waals surface area contributed by atoms with Crippen LogP contribution in [0.4, 0.5) is 17.6 Å². The zero-order valence-electron chi connectivity index (χ0n) is 8.05. The first kappa shape index (κ1) is 12.7. The normalized spacial score (nSPS) is 13.4. The lowest BCUT2D eigenvalue weighted by atomic mass is 10.0. The average Bonchev–Trinajstić information content (AvgIpc) is 2.00. The maximum absolute atomic E-state index is 12.8. The van der Waals surface area contributed by atoms with Gasteiger partial charge in [-0.15, -0.1) is 0 Å². The zero-order chi connectivity index (χ0) is 10.5. The van der Waals surface area contributed by atoms with Gasteiger partial charge in [-0.25, -0.2) is 0 Å². The first-order chi connectivity index (χ1) is 5.87. The summed E-state index contributed by atoms with van der Waals surface area (Å²) in [5.41, 5.74) is 0. The van der Waals surface area contributed by atoms with Gasteiger partial charge in [-0.3, -0.25) is 0 Å². The van der Waals surface area contributed by atoms with Gasteiger partial charge in [-0.1, -0.05) is 26.7 Å². The highest BCUT2D eigenvalue weighted by Crippen LogP contribution is 2.41. The average molecular weight is 200 g/mol. The summed E-state index contributed by atoms with van der Waals surface area (Å²) in [4.78, 5) is 0. The Labute approximate surface area is 76.3 Å². The van der Waals surface area contributed by atoms with E-state index in [-0.39, 0.29) is 12.8 Å². The van der Waals surface area contributed by atoms with Crippen LogP contribution in [0.1, 0.15) is 46.0 Å².